The van der Waals surface area contributed by atoms with Crippen molar-refractivity contribution in [3.8, 4) is 0 Å². The number of carboxylic acids is 1. The topological polar surface area (TPSA) is 108 Å². The van der Waals surface area contributed by atoms with E-state index in [1.807, 2.05) is 21.1 Å². The summed E-state index contributed by atoms with van der Waals surface area (Å²) in [5.41, 5.74) is 0. The number of hydrogen-bond donors (Lipinski definition) is 1. The second kappa shape index (κ2) is 75.7. The molecule has 9 heteroatoms. The molecule has 0 aromatic heterocycles. The summed E-state index contributed by atoms with van der Waals surface area (Å²) in [6.07, 6.45) is 104. The average molecular weight is 1330 g/mol. The van der Waals surface area contributed by atoms with Crippen molar-refractivity contribution in [2.24, 2.45) is 0 Å². The summed E-state index contributed by atoms with van der Waals surface area (Å²) in [4.78, 5) is 37.7. The van der Waals surface area contributed by atoms with Gasteiger partial charge in [-0.15, -0.1) is 0 Å². The van der Waals surface area contributed by atoms with Gasteiger partial charge in [0.1, 0.15) is 13.2 Å². The van der Waals surface area contributed by atoms with Gasteiger partial charge >= 0.3 is 17.9 Å². The molecule has 0 fully saturated rings. The molecule has 0 aromatic carbocycles. The zero-order valence-corrected chi connectivity index (χ0v) is 62.8. The van der Waals surface area contributed by atoms with E-state index in [4.69, 9.17) is 18.9 Å². The minimum absolute atomic E-state index is 0.177. The number of ether oxygens (including phenoxy) is 4. The second-order valence-corrected chi connectivity index (χ2v) is 28.0. The van der Waals surface area contributed by atoms with Gasteiger partial charge in [-0.1, -0.05) is 374 Å². The molecule has 2 atom stereocenters. The molecule has 1 N–H and O–H groups in total. The van der Waals surface area contributed by atoms with E-state index in [-0.39, 0.29) is 32.2 Å². The maximum absolute atomic E-state index is 13.0. The molecule has 0 saturated carbocycles. The largest absolute Gasteiger partial charge is 0.477 e. The number of esters is 2. The molecule has 2 unspecified atom stereocenters. The van der Waals surface area contributed by atoms with Gasteiger partial charge in [0.25, 0.3) is 6.29 Å². The number of carbonyl (C=O) groups excluding carboxylic acids is 2. The molecular formula is C86H152NO8+. The SMILES string of the molecule is CC/C=C\C/C=C\C/C=C\C/C=C\C/C=C\C/C=C\C/C=C\C/C=C\C/C=C\CCCCCC(=O)OC(COC(=O)CCCCCCCCCCCCCCCCCCCCCCCCCCCCCCCCCCCCCCCCC)COC(OCC[N+](C)(C)C)C(=O)O. The Morgan fingerprint density at radius 2 is 0.600 bits per heavy atom. The number of quaternary nitrogens is 1. The Kier molecular flexibility index (Phi) is 72.5. The maximum atomic E-state index is 13.0. The Morgan fingerprint density at radius 3 is 0.895 bits per heavy atom. The fourth-order valence-corrected chi connectivity index (χ4v) is 11.5. The Labute approximate surface area is 587 Å². The number of carboxylic acid groups (broad SMARTS) is 1. The highest BCUT2D eigenvalue weighted by Crippen LogP contribution is 2.19. The van der Waals surface area contributed by atoms with Crippen molar-refractivity contribution in [1.82, 2.24) is 0 Å². The van der Waals surface area contributed by atoms with Crippen LogP contribution in [0.25, 0.3) is 0 Å². The average Bonchev–Trinajstić information content (AvgIpc) is 3.24. The third-order valence-corrected chi connectivity index (χ3v) is 17.5. The highest BCUT2D eigenvalue weighted by Gasteiger charge is 2.25. The third-order valence-electron chi connectivity index (χ3n) is 17.5. The number of aliphatic carboxylic acids is 1. The quantitative estimate of drug-likeness (QED) is 0.0211. The standard InChI is InChI=1S/C86H151NO8/c1-6-8-10-12-14-16-18-20-22-24-26-28-30-32-34-36-38-39-40-41-42-43-44-45-47-48-50-52-54-56-58-60-62-64-66-68-70-72-74-76-83(88)93-80-82(81-94-86(85(90)91)92-79-78-87(3,4)5)95-84(89)77-75-73-71-69-67-65-63-61-59-57-55-53-51-49-46-37-35-33-31-29-27-25-23-21-19-17-15-13-11-9-7-2/h9,11,15,17,21,23,27,29,33,35,46,49,53,55,59,61,65,67,82,86H,6-8,10,12-14,16,18-20,22,24-26,28,30-32,34,36-45,47-48,50-52,54,56-58,60,62-64,66,68-81H2,1-5H3/p+1/b11-9-,17-15-,23-21-,29-27-,35-33-,49-46-,55-53-,61-59-,67-65-. The molecule has 0 bridgehead atoms. The Balaban J connectivity index is 4.06. The molecule has 548 valence electrons. The lowest BCUT2D eigenvalue weighted by atomic mass is 10.0. The molecule has 95 heavy (non-hydrogen) atoms. The van der Waals surface area contributed by atoms with Gasteiger partial charge in [-0.05, 0) is 83.5 Å². The van der Waals surface area contributed by atoms with E-state index in [9.17, 15) is 19.5 Å². The van der Waals surface area contributed by atoms with E-state index in [1.54, 1.807) is 0 Å². The van der Waals surface area contributed by atoms with Gasteiger partial charge in [-0.2, -0.15) is 0 Å². The van der Waals surface area contributed by atoms with Crippen LogP contribution in [0.5, 0.6) is 0 Å². The Morgan fingerprint density at radius 1 is 0.326 bits per heavy atom. The summed E-state index contributed by atoms with van der Waals surface area (Å²) in [6.45, 7) is 4.76. The van der Waals surface area contributed by atoms with Gasteiger partial charge in [-0.3, -0.25) is 9.59 Å². The van der Waals surface area contributed by atoms with E-state index >= 15 is 0 Å². The minimum atomic E-state index is -1.53. The summed E-state index contributed by atoms with van der Waals surface area (Å²) in [7, 11) is 5.97. The number of rotatable bonds is 74. The molecule has 0 spiro atoms. The van der Waals surface area contributed by atoms with Crippen molar-refractivity contribution in [1.29, 1.82) is 0 Å². The van der Waals surface area contributed by atoms with Crippen LogP contribution in [0.15, 0.2) is 109 Å². The summed E-state index contributed by atoms with van der Waals surface area (Å²) in [5, 5.41) is 9.76. The molecule has 9 nitrogen and oxygen atoms in total. The molecule has 0 aliphatic carbocycles. The number of likely N-dealkylation sites (N-methyl/N-ethyl adjacent to an activating group) is 1. The van der Waals surface area contributed by atoms with Crippen molar-refractivity contribution in [2.45, 2.75) is 373 Å². The lowest BCUT2D eigenvalue weighted by Crippen LogP contribution is -2.40. The van der Waals surface area contributed by atoms with E-state index in [1.165, 1.54) is 231 Å². The van der Waals surface area contributed by atoms with Crippen LogP contribution in [0.3, 0.4) is 0 Å². The van der Waals surface area contributed by atoms with Crippen molar-refractivity contribution in [3.63, 3.8) is 0 Å². The third kappa shape index (κ3) is 77.2. The molecule has 0 amide bonds. The van der Waals surface area contributed by atoms with Gasteiger partial charge < -0.3 is 28.5 Å². The van der Waals surface area contributed by atoms with E-state index < -0.39 is 24.3 Å². The number of unbranched alkanes of at least 4 members (excludes halogenated alkanes) is 41. The zero-order valence-electron chi connectivity index (χ0n) is 62.8. The first-order valence-corrected chi connectivity index (χ1v) is 40.1. The summed E-state index contributed by atoms with van der Waals surface area (Å²) < 4.78 is 23.0. The predicted molar refractivity (Wildman–Crippen MR) is 410 cm³/mol. The van der Waals surface area contributed by atoms with E-state index in [0.29, 0.717) is 23.9 Å². The molecule has 0 aliphatic heterocycles. The maximum Gasteiger partial charge on any atom is 0.361 e. The summed E-state index contributed by atoms with van der Waals surface area (Å²) in [6, 6.07) is 0. The fourth-order valence-electron chi connectivity index (χ4n) is 11.5. The van der Waals surface area contributed by atoms with Gasteiger partial charge in [0.2, 0.25) is 0 Å². The van der Waals surface area contributed by atoms with Crippen LogP contribution < -0.4 is 0 Å². The van der Waals surface area contributed by atoms with Gasteiger partial charge in [0, 0.05) is 12.8 Å². The minimum Gasteiger partial charge on any atom is -0.477 e. The summed E-state index contributed by atoms with van der Waals surface area (Å²) in [5.74, 6) is -2.04. The Hall–Kier alpha value is -4.05. The second-order valence-electron chi connectivity index (χ2n) is 28.0. The molecule has 0 radical (unpaired) electrons. The number of carbonyl (C=O) groups is 3. The molecule has 0 saturated heterocycles. The van der Waals surface area contributed by atoms with Crippen molar-refractivity contribution < 1.29 is 42.9 Å². The lowest BCUT2D eigenvalue weighted by Gasteiger charge is -2.25. The highest BCUT2D eigenvalue weighted by molar-refractivity contribution is 5.71. The Bertz CT molecular complexity index is 1930. The smallest absolute Gasteiger partial charge is 0.361 e. The van der Waals surface area contributed by atoms with Gasteiger partial charge in [-0.25, -0.2) is 4.79 Å². The molecule has 0 rings (SSSR count). The monoisotopic (exact) mass is 1330 g/mol. The molecular weight excluding hydrogens is 1170 g/mol. The van der Waals surface area contributed by atoms with Gasteiger partial charge in [0.15, 0.2) is 6.10 Å². The lowest BCUT2D eigenvalue weighted by molar-refractivity contribution is -0.870. The molecule has 0 heterocycles. The highest BCUT2D eigenvalue weighted by atomic mass is 16.7. The van der Waals surface area contributed by atoms with Crippen LogP contribution in [0.4, 0.5) is 0 Å². The fraction of sp³-hybridized carbons (Fsp3) is 0.756. The number of hydrogen-bond acceptors (Lipinski definition) is 7. The van der Waals surface area contributed by atoms with Crippen molar-refractivity contribution in [3.05, 3.63) is 109 Å². The van der Waals surface area contributed by atoms with Crippen LogP contribution in [0.2, 0.25) is 0 Å². The van der Waals surface area contributed by atoms with E-state index in [0.717, 1.165) is 96.3 Å². The van der Waals surface area contributed by atoms with Crippen LogP contribution in [0, 0.1) is 0 Å². The zero-order chi connectivity index (χ0) is 69.0. The molecule has 0 aliphatic rings. The van der Waals surface area contributed by atoms with Crippen LogP contribution in [0.1, 0.15) is 361 Å². The number of allylic oxidation sites excluding steroid dienone is 18. The van der Waals surface area contributed by atoms with Crippen molar-refractivity contribution >= 4 is 17.9 Å². The number of nitrogens with zero attached hydrogens (tertiary/aromatic N) is 1. The van der Waals surface area contributed by atoms with Crippen molar-refractivity contribution in [2.75, 3.05) is 47.5 Å². The van der Waals surface area contributed by atoms with Crippen LogP contribution >= 0.6 is 0 Å². The first-order valence-electron chi connectivity index (χ1n) is 40.1. The predicted octanol–water partition coefficient (Wildman–Crippen LogP) is 25.7. The van der Waals surface area contributed by atoms with Crippen LogP contribution in [-0.2, 0) is 33.3 Å². The van der Waals surface area contributed by atoms with Crippen LogP contribution in [-0.4, -0.2) is 87.4 Å². The first kappa shape index (κ1) is 91.0. The van der Waals surface area contributed by atoms with E-state index in [2.05, 4.69) is 123 Å². The normalized spacial score (nSPS) is 13.2. The summed E-state index contributed by atoms with van der Waals surface area (Å²) >= 11 is 0. The first-order chi connectivity index (χ1) is 46.6. The van der Waals surface area contributed by atoms with Gasteiger partial charge in [0.05, 0.1) is 34.4 Å². The molecule has 0 aromatic rings.